The molecule has 1 aliphatic rings. The van der Waals surface area contributed by atoms with Gasteiger partial charge in [-0.05, 0) is 24.0 Å². The molecule has 0 radical (unpaired) electrons. The molecule has 9 heteroatoms. The number of aryl methyl sites for hydroxylation is 2. The molecule has 8 nitrogen and oxygen atoms in total. The zero-order valence-corrected chi connectivity index (χ0v) is 16.2. The summed E-state index contributed by atoms with van der Waals surface area (Å²) in [6.07, 6.45) is 4.50. The number of hydrogen-bond donors (Lipinski definition) is 2. The minimum Gasteiger partial charge on any atom is -0.460 e. The molecule has 0 unspecified atom stereocenters. The topological polar surface area (TPSA) is 114 Å². The van der Waals surface area contributed by atoms with Crippen LogP contribution in [0.4, 0.5) is 10.3 Å². The standard InChI is InChI=1S/C20H24FN5O3/c1-28-16-10-26(11-16)20-24-8-13(9-25-20)5-6-14-3-2-4-15(19(14)21)12-29-18(27)7-17(22)23/h2-4,8-9,16H,5-7,10-12H2,1H3,(H3,22,23). The van der Waals surface area contributed by atoms with E-state index in [0.717, 1.165) is 18.7 Å². The van der Waals surface area contributed by atoms with E-state index >= 15 is 0 Å². The van der Waals surface area contributed by atoms with Crippen LogP contribution in [0.25, 0.3) is 0 Å². The van der Waals surface area contributed by atoms with Crippen LogP contribution in [0.1, 0.15) is 23.1 Å². The van der Waals surface area contributed by atoms with E-state index in [4.69, 9.17) is 20.6 Å². The molecule has 0 bridgehead atoms. The van der Waals surface area contributed by atoms with Crippen molar-refractivity contribution in [3.05, 3.63) is 53.1 Å². The molecule has 1 aromatic heterocycles. The van der Waals surface area contributed by atoms with Crippen molar-refractivity contribution in [2.75, 3.05) is 25.1 Å². The van der Waals surface area contributed by atoms with Crippen molar-refractivity contribution in [2.45, 2.75) is 32.0 Å². The number of benzene rings is 1. The molecule has 3 rings (SSSR count). The van der Waals surface area contributed by atoms with Crippen LogP contribution in [-0.4, -0.2) is 48.1 Å². The predicted molar refractivity (Wildman–Crippen MR) is 105 cm³/mol. The highest BCUT2D eigenvalue weighted by Crippen LogP contribution is 2.19. The van der Waals surface area contributed by atoms with Gasteiger partial charge in [0.05, 0.1) is 6.10 Å². The third kappa shape index (κ3) is 5.47. The number of esters is 1. The minimum atomic E-state index is -0.654. The number of amidine groups is 1. The van der Waals surface area contributed by atoms with Crippen molar-refractivity contribution in [2.24, 2.45) is 5.73 Å². The average molecular weight is 401 g/mol. The van der Waals surface area contributed by atoms with E-state index < -0.39 is 11.8 Å². The van der Waals surface area contributed by atoms with Gasteiger partial charge in [-0.2, -0.15) is 0 Å². The fourth-order valence-corrected chi connectivity index (χ4v) is 2.97. The highest BCUT2D eigenvalue weighted by Gasteiger charge is 2.28. The lowest BCUT2D eigenvalue weighted by Gasteiger charge is -2.37. The highest BCUT2D eigenvalue weighted by molar-refractivity contribution is 5.94. The average Bonchev–Trinajstić information content (AvgIpc) is 2.66. The maximum Gasteiger partial charge on any atom is 0.313 e. The van der Waals surface area contributed by atoms with Crippen LogP contribution < -0.4 is 10.6 Å². The van der Waals surface area contributed by atoms with Gasteiger partial charge < -0.3 is 20.1 Å². The fraction of sp³-hybridized carbons (Fsp3) is 0.400. The number of nitrogens with one attached hydrogen (secondary N) is 1. The first kappa shape index (κ1) is 20.7. The summed E-state index contributed by atoms with van der Waals surface area (Å²) in [6.45, 7) is 1.37. The van der Waals surface area contributed by atoms with Crippen molar-refractivity contribution in [3.63, 3.8) is 0 Å². The monoisotopic (exact) mass is 401 g/mol. The van der Waals surface area contributed by atoms with Crippen LogP contribution in [0.2, 0.25) is 0 Å². The summed E-state index contributed by atoms with van der Waals surface area (Å²) < 4.78 is 24.9. The Morgan fingerprint density at radius 1 is 1.28 bits per heavy atom. The second kappa shape index (κ2) is 9.42. The molecule has 1 fully saturated rings. The van der Waals surface area contributed by atoms with E-state index in [0.29, 0.717) is 24.4 Å². The lowest BCUT2D eigenvalue weighted by Crippen LogP contribution is -2.52. The van der Waals surface area contributed by atoms with Crippen molar-refractivity contribution in [1.29, 1.82) is 5.41 Å². The number of rotatable bonds is 9. The van der Waals surface area contributed by atoms with E-state index in [1.54, 1.807) is 37.7 Å². The van der Waals surface area contributed by atoms with Gasteiger partial charge in [0, 0.05) is 38.2 Å². The van der Waals surface area contributed by atoms with Crippen LogP contribution in [0.5, 0.6) is 0 Å². The zero-order valence-electron chi connectivity index (χ0n) is 16.2. The number of carbonyl (C=O) groups is 1. The van der Waals surface area contributed by atoms with Gasteiger partial charge in [0.1, 0.15) is 24.7 Å². The van der Waals surface area contributed by atoms with Gasteiger partial charge in [0.25, 0.3) is 0 Å². The Bertz CT molecular complexity index is 869. The Labute approximate surface area is 168 Å². The van der Waals surface area contributed by atoms with Gasteiger partial charge in [-0.15, -0.1) is 0 Å². The molecule has 0 aliphatic carbocycles. The summed E-state index contributed by atoms with van der Waals surface area (Å²) in [5.41, 5.74) is 6.88. The highest BCUT2D eigenvalue weighted by atomic mass is 19.1. The van der Waals surface area contributed by atoms with Crippen LogP contribution >= 0.6 is 0 Å². The number of methoxy groups -OCH3 is 1. The van der Waals surface area contributed by atoms with Crippen molar-refractivity contribution >= 4 is 17.8 Å². The largest absolute Gasteiger partial charge is 0.460 e. The third-order valence-corrected chi connectivity index (χ3v) is 4.72. The minimum absolute atomic E-state index is 0.193. The number of anilines is 1. The van der Waals surface area contributed by atoms with Crippen LogP contribution in [0.3, 0.4) is 0 Å². The van der Waals surface area contributed by atoms with Crippen molar-refractivity contribution in [3.8, 4) is 0 Å². The smallest absolute Gasteiger partial charge is 0.313 e. The number of nitrogens with two attached hydrogens (primary N) is 1. The quantitative estimate of drug-likeness (QED) is 0.373. The Hall–Kier alpha value is -3.07. The SMILES string of the molecule is COC1CN(c2ncc(CCc3cccc(COC(=O)CC(=N)N)c3F)cn2)C1. The Kier molecular flexibility index (Phi) is 6.71. The number of ether oxygens (including phenoxy) is 2. The molecule has 29 heavy (non-hydrogen) atoms. The molecule has 2 heterocycles. The second-order valence-corrected chi connectivity index (χ2v) is 6.91. The van der Waals surface area contributed by atoms with Gasteiger partial charge in [0.15, 0.2) is 0 Å². The molecule has 0 saturated carbocycles. The van der Waals surface area contributed by atoms with Gasteiger partial charge in [0.2, 0.25) is 5.95 Å². The van der Waals surface area contributed by atoms with Gasteiger partial charge in [-0.3, -0.25) is 10.2 Å². The number of carbonyl (C=O) groups excluding carboxylic acids is 1. The fourth-order valence-electron chi connectivity index (χ4n) is 2.97. The van der Waals surface area contributed by atoms with E-state index in [1.165, 1.54) is 0 Å². The van der Waals surface area contributed by atoms with E-state index in [1.807, 2.05) is 4.90 Å². The third-order valence-electron chi connectivity index (χ3n) is 4.72. The van der Waals surface area contributed by atoms with Crippen LogP contribution in [0.15, 0.2) is 30.6 Å². The molecular weight excluding hydrogens is 377 g/mol. The van der Waals surface area contributed by atoms with Gasteiger partial charge >= 0.3 is 5.97 Å². The van der Waals surface area contributed by atoms with Crippen molar-refractivity contribution < 1.29 is 18.7 Å². The summed E-state index contributed by atoms with van der Waals surface area (Å²) in [6, 6.07) is 5.00. The zero-order chi connectivity index (χ0) is 20.8. The second-order valence-electron chi connectivity index (χ2n) is 6.91. The van der Waals surface area contributed by atoms with Gasteiger partial charge in [-0.25, -0.2) is 14.4 Å². The molecule has 3 N–H and O–H groups in total. The molecule has 0 atom stereocenters. The predicted octanol–water partition coefficient (Wildman–Crippen LogP) is 1.61. The number of hydrogen-bond acceptors (Lipinski definition) is 7. The summed E-state index contributed by atoms with van der Waals surface area (Å²) in [4.78, 5) is 22.3. The molecule has 154 valence electrons. The Morgan fingerprint density at radius 3 is 2.62 bits per heavy atom. The molecule has 1 aliphatic heterocycles. The molecule has 0 spiro atoms. The van der Waals surface area contributed by atoms with E-state index in [2.05, 4.69) is 9.97 Å². The first-order chi connectivity index (χ1) is 14.0. The molecule has 1 saturated heterocycles. The first-order valence-electron chi connectivity index (χ1n) is 9.29. The first-order valence-corrected chi connectivity index (χ1v) is 9.29. The number of halogens is 1. The van der Waals surface area contributed by atoms with E-state index in [9.17, 15) is 9.18 Å². The summed E-state index contributed by atoms with van der Waals surface area (Å²) in [5.74, 6) is -0.668. The van der Waals surface area contributed by atoms with Crippen LogP contribution in [-0.2, 0) is 33.7 Å². The summed E-state index contributed by atoms with van der Waals surface area (Å²) in [5, 5.41) is 7.07. The molecular formula is C20H24FN5O3. The summed E-state index contributed by atoms with van der Waals surface area (Å²) in [7, 11) is 1.69. The number of aromatic nitrogens is 2. The lowest BCUT2D eigenvalue weighted by atomic mass is 10.0. The van der Waals surface area contributed by atoms with Crippen LogP contribution in [0, 0.1) is 11.2 Å². The molecule has 2 aromatic rings. The lowest BCUT2D eigenvalue weighted by molar-refractivity contribution is -0.143. The maximum absolute atomic E-state index is 14.7. The maximum atomic E-state index is 14.7. The van der Waals surface area contributed by atoms with Crippen molar-refractivity contribution in [1.82, 2.24) is 9.97 Å². The Morgan fingerprint density at radius 2 is 1.97 bits per heavy atom. The number of nitrogens with zero attached hydrogens (tertiary/aromatic N) is 3. The van der Waals surface area contributed by atoms with Gasteiger partial charge in [-0.1, -0.05) is 18.2 Å². The molecule has 0 amide bonds. The summed E-state index contributed by atoms with van der Waals surface area (Å²) >= 11 is 0. The Balaban J connectivity index is 1.54. The van der Waals surface area contributed by atoms with E-state index in [-0.39, 0.29) is 30.5 Å². The normalized spacial score (nSPS) is 13.8. The molecule has 1 aromatic carbocycles.